The fourth-order valence-corrected chi connectivity index (χ4v) is 8.28. The van der Waals surface area contributed by atoms with Crippen molar-refractivity contribution in [1.29, 1.82) is 0 Å². The van der Waals surface area contributed by atoms with E-state index < -0.39 is 43.8 Å². The Labute approximate surface area is 351 Å². The average Bonchev–Trinajstić information content (AvgIpc) is 3.89. The lowest BCUT2D eigenvalue weighted by Crippen LogP contribution is -2.40. The number of benzene rings is 3. The molecule has 3 aromatic carbocycles. The molecule has 17 nitrogen and oxygen atoms in total. The average molecular weight is 855 g/mol. The number of nitrogens with one attached hydrogen (secondary N) is 2. The van der Waals surface area contributed by atoms with E-state index in [1.807, 2.05) is 78.9 Å². The van der Waals surface area contributed by atoms with Crippen molar-refractivity contribution >= 4 is 30.6 Å². The number of hydrogen-bond acceptors (Lipinski definition) is 12. The topological polar surface area (TPSA) is 212 Å². The Balaban J connectivity index is 1.29. The van der Waals surface area contributed by atoms with Gasteiger partial charge in [0.15, 0.2) is 17.4 Å². The number of pyridine rings is 1. The first-order valence-electron chi connectivity index (χ1n) is 19.5. The van der Waals surface area contributed by atoms with E-state index in [0.717, 1.165) is 16.7 Å². The molecule has 1 amide bonds. The van der Waals surface area contributed by atoms with Gasteiger partial charge in [0.05, 0.1) is 52.1 Å². The van der Waals surface area contributed by atoms with Crippen LogP contribution < -0.4 is 29.8 Å². The fourth-order valence-electron chi connectivity index (χ4n) is 7.23. The molecule has 0 spiro atoms. The number of carbonyl (C=O) groups is 1. The molecule has 6 aromatic rings. The van der Waals surface area contributed by atoms with E-state index in [9.17, 15) is 24.3 Å². The van der Waals surface area contributed by atoms with Crippen LogP contribution in [0.1, 0.15) is 55.3 Å². The third kappa shape index (κ3) is 9.31. The van der Waals surface area contributed by atoms with Gasteiger partial charge in [-0.25, -0.2) is 4.98 Å². The number of anilines is 1. The molecule has 1 aliphatic heterocycles. The summed E-state index contributed by atoms with van der Waals surface area (Å²) in [5.74, 6) is 0.869. The first kappa shape index (κ1) is 43.0. The van der Waals surface area contributed by atoms with Gasteiger partial charge in [0, 0.05) is 18.4 Å². The normalized spacial score (nSPS) is 17.6. The van der Waals surface area contributed by atoms with E-state index in [-0.39, 0.29) is 53.6 Å². The minimum atomic E-state index is -4.35. The van der Waals surface area contributed by atoms with E-state index >= 15 is 0 Å². The van der Waals surface area contributed by atoms with Crippen LogP contribution in [0.3, 0.4) is 0 Å². The smallest absolute Gasteiger partial charge is 0.328 e. The van der Waals surface area contributed by atoms with Crippen LogP contribution in [-0.2, 0) is 35.6 Å². The van der Waals surface area contributed by atoms with Gasteiger partial charge in [0.2, 0.25) is 17.5 Å². The molecule has 4 atom stereocenters. The van der Waals surface area contributed by atoms with Crippen LogP contribution in [0.4, 0.5) is 5.95 Å². The Hall–Kier alpha value is -6.10. The van der Waals surface area contributed by atoms with Crippen molar-refractivity contribution in [2.75, 3.05) is 32.8 Å². The van der Waals surface area contributed by atoms with Gasteiger partial charge < -0.3 is 33.8 Å². The SMILES string of the molecule is COc1ccc(C(O[C@H]2C[C@H](n3cnc4c(=O)[nH]c(NC(=O)C(C)C)nc43)O[C@@H]2CCP(=O)(O)OCc2cc(OC)cc[n+]2[O-])(c2ccccc2)c2ccc(OC)cc2)cc1. The molecular weight excluding hydrogens is 807 g/mol. The van der Waals surface area contributed by atoms with Gasteiger partial charge in [0.25, 0.3) is 5.56 Å². The second kappa shape index (κ2) is 18.3. The summed E-state index contributed by atoms with van der Waals surface area (Å²) in [6, 6.07) is 27.6. The lowest BCUT2D eigenvalue weighted by Gasteiger charge is -2.39. The van der Waals surface area contributed by atoms with Gasteiger partial charge in [-0.05, 0) is 47.4 Å². The summed E-state index contributed by atoms with van der Waals surface area (Å²) in [5, 5.41) is 15.1. The number of H-pyrrole nitrogens is 1. The number of methoxy groups -OCH3 is 3. The molecule has 320 valence electrons. The summed E-state index contributed by atoms with van der Waals surface area (Å²) in [5.41, 5.74) is 0.654. The van der Waals surface area contributed by atoms with Gasteiger partial charge in [0.1, 0.15) is 35.7 Å². The Morgan fingerprint density at radius 1 is 0.984 bits per heavy atom. The van der Waals surface area contributed by atoms with Crippen molar-refractivity contribution in [1.82, 2.24) is 19.5 Å². The predicted molar refractivity (Wildman–Crippen MR) is 223 cm³/mol. The lowest BCUT2D eigenvalue weighted by molar-refractivity contribution is -0.616. The molecule has 18 heteroatoms. The number of amides is 1. The predicted octanol–water partition coefficient (Wildman–Crippen LogP) is 5.83. The van der Waals surface area contributed by atoms with Gasteiger partial charge >= 0.3 is 7.60 Å². The number of aromatic nitrogens is 5. The van der Waals surface area contributed by atoms with Crippen LogP contribution in [0.2, 0.25) is 0 Å². The maximum absolute atomic E-state index is 13.7. The van der Waals surface area contributed by atoms with Crippen LogP contribution in [0, 0.1) is 11.1 Å². The number of hydrogen-bond donors (Lipinski definition) is 3. The Morgan fingerprint density at radius 3 is 2.21 bits per heavy atom. The molecule has 0 bridgehead atoms. The maximum Gasteiger partial charge on any atom is 0.328 e. The monoisotopic (exact) mass is 854 g/mol. The van der Waals surface area contributed by atoms with Gasteiger partial charge in [-0.15, -0.1) is 0 Å². The summed E-state index contributed by atoms with van der Waals surface area (Å²) >= 11 is 0. The van der Waals surface area contributed by atoms with Gasteiger partial charge in [-0.1, -0.05) is 68.4 Å². The standard InChI is InChI=1S/C43H47N6O11P/c1-27(2)40(50)46-42-45-39-38(41(51)47-42)44-26-48(39)37-24-36(35(59-37)20-22-61(53,54)58-25-31-23-34(57-5)19-21-49(31)52)60-43(28-9-7-6-8-10-28,29-11-15-32(55-3)16-12-29)30-13-17-33(56-4)18-14-30/h6-19,21,23,26-27,35-37H,20,22,24-25H2,1-5H3,(H,53,54)(H2,45,46,47,50,51)/t35-,36+,37-/m1/s1. The molecule has 4 heterocycles. The van der Waals surface area contributed by atoms with Crippen LogP contribution >= 0.6 is 7.60 Å². The third-order valence-electron chi connectivity index (χ3n) is 10.5. The van der Waals surface area contributed by atoms with E-state index in [4.69, 9.17) is 28.2 Å². The van der Waals surface area contributed by atoms with Gasteiger partial charge in [-0.2, -0.15) is 9.71 Å². The van der Waals surface area contributed by atoms with E-state index in [1.165, 1.54) is 31.8 Å². The Morgan fingerprint density at radius 2 is 1.61 bits per heavy atom. The largest absolute Gasteiger partial charge is 0.618 e. The molecule has 3 aromatic heterocycles. The minimum Gasteiger partial charge on any atom is -0.618 e. The van der Waals surface area contributed by atoms with Crippen molar-refractivity contribution < 1.29 is 47.2 Å². The summed E-state index contributed by atoms with van der Waals surface area (Å²) in [6.45, 7) is 2.97. The van der Waals surface area contributed by atoms with Crippen molar-refractivity contribution in [3.05, 3.63) is 141 Å². The molecule has 3 N–H and O–H groups in total. The highest BCUT2D eigenvalue weighted by atomic mass is 31.2. The lowest BCUT2D eigenvalue weighted by atomic mass is 9.79. The second-order valence-electron chi connectivity index (χ2n) is 14.7. The molecule has 1 fully saturated rings. The first-order chi connectivity index (χ1) is 29.3. The van der Waals surface area contributed by atoms with Crippen LogP contribution in [0.5, 0.6) is 17.2 Å². The number of rotatable bonds is 17. The van der Waals surface area contributed by atoms with Crippen molar-refractivity contribution in [3.8, 4) is 17.2 Å². The zero-order chi connectivity index (χ0) is 43.3. The molecular formula is C43H47N6O11P. The van der Waals surface area contributed by atoms with Crippen molar-refractivity contribution in [2.24, 2.45) is 5.92 Å². The van der Waals surface area contributed by atoms with E-state index in [0.29, 0.717) is 22.0 Å². The van der Waals surface area contributed by atoms with Crippen LogP contribution in [0.15, 0.2) is 108 Å². The van der Waals surface area contributed by atoms with Crippen molar-refractivity contribution in [3.63, 3.8) is 0 Å². The highest BCUT2D eigenvalue weighted by molar-refractivity contribution is 7.52. The highest BCUT2D eigenvalue weighted by Gasteiger charge is 2.47. The number of fused-ring (bicyclic) bond motifs is 1. The molecule has 0 radical (unpaired) electrons. The van der Waals surface area contributed by atoms with E-state index in [2.05, 4.69) is 20.3 Å². The molecule has 1 unspecified atom stereocenters. The number of imidazole rings is 1. The molecule has 1 saturated heterocycles. The summed E-state index contributed by atoms with van der Waals surface area (Å²) in [4.78, 5) is 48.4. The Kier molecular flexibility index (Phi) is 12.9. The number of carbonyl (C=O) groups excluding carboxylic acids is 1. The van der Waals surface area contributed by atoms with E-state index in [1.54, 1.807) is 32.6 Å². The second-order valence-corrected chi connectivity index (χ2v) is 16.7. The van der Waals surface area contributed by atoms with Crippen molar-refractivity contribution in [2.45, 2.75) is 57.3 Å². The molecule has 0 aliphatic carbocycles. The highest BCUT2D eigenvalue weighted by Crippen LogP contribution is 2.49. The van der Waals surface area contributed by atoms with Crippen LogP contribution in [0.25, 0.3) is 11.2 Å². The third-order valence-corrected chi connectivity index (χ3v) is 11.9. The maximum atomic E-state index is 13.7. The zero-order valence-electron chi connectivity index (χ0n) is 34.2. The number of nitrogens with zero attached hydrogens (tertiary/aromatic N) is 4. The molecule has 0 saturated carbocycles. The zero-order valence-corrected chi connectivity index (χ0v) is 35.1. The summed E-state index contributed by atoms with van der Waals surface area (Å²) in [6.07, 6.45) is -0.0851. The summed E-state index contributed by atoms with van der Waals surface area (Å²) in [7, 11) is 0.264. The first-order valence-corrected chi connectivity index (χ1v) is 21.3. The molecule has 61 heavy (non-hydrogen) atoms. The Bertz CT molecular complexity index is 2520. The van der Waals surface area contributed by atoms with Gasteiger partial charge in [-0.3, -0.25) is 33.5 Å². The van der Waals surface area contributed by atoms with Crippen LogP contribution in [-0.4, -0.2) is 70.0 Å². The number of aromatic amines is 1. The molecule has 1 aliphatic rings. The number of ether oxygens (including phenoxy) is 5. The minimum absolute atomic E-state index is 0.0172. The molecule has 7 rings (SSSR count). The summed E-state index contributed by atoms with van der Waals surface area (Å²) < 4.78 is 51.7. The quantitative estimate of drug-likeness (QED) is 0.0427. The fraction of sp³-hybridized carbons (Fsp3) is 0.326.